The van der Waals surface area contributed by atoms with Crippen molar-refractivity contribution in [2.24, 2.45) is 0 Å². The topological polar surface area (TPSA) is 30.7 Å². The quantitative estimate of drug-likeness (QED) is 0.834. The van der Waals surface area contributed by atoms with Crippen molar-refractivity contribution in [2.75, 3.05) is 0 Å². The van der Waals surface area contributed by atoms with Gasteiger partial charge in [-0.05, 0) is 24.1 Å². The molecule has 19 heavy (non-hydrogen) atoms. The van der Waals surface area contributed by atoms with Crippen molar-refractivity contribution >= 4 is 0 Å². The Kier molecular flexibility index (Phi) is 5.09. The molecular formula is C13H16F3N3. The van der Waals surface area contributed by atoms with Crippen molar-refractivity contribution in [3.8, 4) is 0 Å². The van der Waals surface area contributed by atoms with Crippen LogP contribution in [0.2, 0.25) is 0 Å². The minimum absolute atomic E-state index is 0.416. The molecule has 2 rings (SSSR count). The SMILES string of the molecule is CC.Cc1cnn(Cc2ccc(C(F)(F)F)nc2)c1. The number of hydrogen-bond donors (Lipinski definition) is 0. The van der Waals surface area contributed by atoms with Crippen LogP contribution in [0.25, 0.3) is 0 Å². The van der Waals surface area contributed by atoms with Gasteiger partial charge in [-0.3, -0.25) is 9.67 Å². The van der Waals surface area contributed by atoms with Crippen LogP contribution in [-0.4, -0.2) is 14.8 Å². The Bertz CT molecular complexity index is 501. The molecule has 0 atom stereocenters. The van der Waals surface area contributed by atoms with Crippen molar-refractivity contribution in [3.05, 3.63) is 47.5 Å². The summed E-state index contributed by atoms with van der Waals surface area (Å²) in [6.07, 6.45) is 0.343. The van der Waals surface area contributed by atoms with Gasteiger partial charge in [0.2, 0.25) is 0 Å². The highest BCUT2D eigenvalue weighted by molar-refractivity contribution is 5.16. The van der Waals surface area contributed by atoms with E-state index in [1.807, 2.05) is 27.0 Å². The predicted octanol–water partition coefficient (Wildman–Crippen LogP) is 3.68. The molecule has 104 valence electrons. The number of halogens is 3. The van der Waals surface area contributed by atoms with Gasteiger partial charge >= 0.3 is 6.18 Å². The summed E-state index contributed by atoms with van der Waals surface area (Å²) in [7, 11) is 0. The molecule has 0 bridgehead atoms. The van der Waals surface area contributed by atoms with Gasteiger partial charge in [0.1, 0.15) is 5.69 Å². The lowest BCUT2D eigenvalue weighted by Gasteiger charge is -2.06. The Labute approximate surface area is 110 Å². The second-order valence-corrected chi connectivity index (χ2v) is 3.76. The molecule has 3 nitrogen and oxygen atoms in total. The van der Waals surface area contributed by atoms with Crippen molar-refractivity contribution in [2.45, 2.75) is 33.5 Å². The molecule has 0 radical (unpaired) electrons. The summed E-state index contributed by atoms with van der Waals surface area (Å²) in [5.74, 6) is 0. The van der Waals surface area contributed by atoms with E-state index in [1.165, 1.54) is 12.3 Å². The van der Waals surface area contributed by atoms with Crippen LogP contribution >= 0.6 is 0 Å². The summed E-state index contributed by atoms with van der Waals surface area (Å²) in [5.41, 5.74) is 0.809. The van der Waals surface area contributed by atoms with E-state index in [-0.39, 0.29) is 0 Å². The van der Waals surface area contributed by atoms with E-state index in [0.29, 0.717) is 12.1 Å². The maximum Gasteiger partial charge on any atom is 0.433 e. The third-order valence-corrected chi connectivity index (χ3v) is 2.22. The zero-order chi connectivity index (χ0) is 14.5. The summed E-state index contributed by atoms with van der Waals surface area (Å²) in [6, 6.07) is 2.39. The molecule has 0 N–H and O–H groups in total. The molecule has 0 aliphatic carbocycles. The lowest BCUT2D eigenvalue weighted by atomic mass is 10.2. The molecule has 0 aliphatic rings. The smallest absolute Gasteiger partial charge is 0.268 e. The van der Waals surface area contributed by atoms with Gasteiger partial charge in [-0.15, -0.1) is 0 Å². The average Bonchev–Trinajstić information content (AvgIpc) is 2.77. The second kappa shape index (κ2) is 6.36. The fraction of sp³-hybridized carbons (Fsp3) is 0.385. The molecule has 2 aromatic rings. The first-order chi connectivity index (χ1) is 8.95. The number of aryl methyl sites for hydroxylation is 1. The van der Waals surface area contributed by atoms with Crippen molar-refractivity contribution < 1.29 is 13.2 Å². The average molecular weight is 271 g/mol. The lowest BCUT2D eigenvalue weighted by molar-refractivity contribution is -0.141. The summed E-state index contributed by atoms with van der Waals surface area (Å²) in [4.78, 5) is 3.39. The van der Waals surface area contributed by atoms with E-state index < -0.39 is 11.9 Å². The molecule has 0 aromatic carbocycles. The molecular weight excluding hydrogens is 255 g/mol. The van der Waals surface area contributed by atoms with Crippen LogP contribution < -0.4 is 0 Å². The monoisotopic (exact) mass is 271 g/mol. The van der Waals surface area contributed by atoms with Gasteiger partial charge in [-0.1, -0.05) is 19.9 Å². The molecule has 0 unspecified atom stereocenters. The zero-order valence-corrected chi connectivity index (χ0v) is 11.1. The minimum Gasteiger partial charge on any atom is -0.268 e. The predicted molar refractivity (Wildman–Crippen MR) is 66.7 cm³/mol. The van der Waals surface area contributed by atoms with Crippen LogP contribution in [0.4, 0.5) is 13.2 Å². The molecule has 6 heteroatoms. The highest BCUT2D eigenvalue weighted by Gasteiger charge is 2.31. The second-order valence-electron chi connectivity index (χ2n) is 3.76. The molecule has 0 saturated carbocycles. The standard InChI is InChI=1S/C11H10F3N3.C2H6/c1-8-4-16-17(6-8)7-9-2-3-10(15-5-9)11(12,13)14;1-2/h2-6H,7H2,1H3;1-2H3. The molecule has 0 aliphatic heterocycles. The first-order valence-electron chi connectivity index (χ1n) is 5.96. The maximum absolute atomic E-state index is 12.3. The van der Waals surface area contributed by atoms with Crippen molar-refractivity contribution in [3.63, 3.8) is 0 Å². The first kappa shape index (κ1) is 15.2. The van der Waals surface area contributed by atoms with Gasteiger partial charge in [0, 0.05) is 12.4 Å². The number of pyridine rings is 1. The number of aromatic nitrogens is 3. The molecule has 0 spiro atoms. The highest BCUT2D eigenvalue weighted by Crippen LogP contribution is 2.27. The van der Waals surface area contributed by atoms with E-state index in [0.717, 1.165) is 11.6 Å². The number of alkyl halides is 3. The normalized spacial score (nSPS) is 10.8. The highest BCUT2D eigenvalue weighted by atomic mass is 19.4. The van der Waals surface area contributed by atoms with E-state index in [2.05, 4.69) is 10.1 Å². The Morgan fingerprint density at radius 2 is 1.84 bits per heavy atom. The van der Waals surface area contributed by atoms with Gasteiger partial charge in [0.05, 0.1) is 12.7 Å². The van der Waals surface area contributed by atoms with Crippen LogP contribution in [0, 0.1) is 6.92 Å². The van der Waals surface area contributed by atoms with Crippen LogP contribution in [0.1, 0.15) is 30.7 Å². The van der Waals surface area contributed by atoms with E-state index in [4.69, 9.17) is 0 Å². The summed E-state index contributed by atoms with van der Waals surface area (Å²) >= 11 is 0. The van der Waals surface area contributed by atoms with Crippen LogP contribution in [-0.2, 0) is 12.7 Å². The first-order valence-corrected chi connectivity index (χ1v) is 5.96. The van der Waals surface area contributed by atoms with E-state index >= 15 is 0 Å². The molecule has 0 saturated heterocycles. The van der Waals surface area contributed by atoms with E-state index in [9.17, 15) is 13.2 Å². The Balaban J connectivity index is 0.000000861. The van der Waals surface area contributed by atoms with Gasteiger partial charge in [-0.25, -0.2) is 0 Å². The zero-order valence-electron chi connectivity index (χ0n) is 11.1. The van der Waals surface area contributed by atoms with Gasteiger partial charge < -0.3 is 0 Å². The fourth-order valence-corrected chi connectivity index (χ4v) is 1.43. The van der Waals surface area contributed by atoms with Crippen LogP contribution in [0.15, 0.2) is 30.7 Å². The Morgan fingerprint density at radius 1 is 1.16 bits per heavy atom. The van der Waals surface area contributed by atoms with E-state index in [1.54, 1.807) is 10.9 Å². The number of hydrogen-bond acceptors (Lipinski definition) is 2. The Morgan fingerprint density at radius 3 is 2.26 bits per heavy atom. The maximum atomic E-state index is 12.3. The minimum atomic E-state index is -4.39. The number of nitrogens with zero attached hydrogens (tertiary/aromatic N) is 3. The lowest BCUT2D eigenvalue weighted by Crippen LogP contribution is -2.08. The van der Waals surface area contributed by atoms with Crippen LogP contribution in [0.3, 0.4) is 0 Å². The molecule has 0 amide bonds. The molecule has 0 fully saturated rings. The molecule has 2 heterocycles. The summed E-state index contributed by atoms with van der Waals surface area (Å²) < 4.78 is 38.5. The van der Waals surface area contributed by atoms with Gasteiger partial charge in [0.25, 0.3) is 0 Å². The summed E-state index contributed by atoms with van der Waals surface area (Å²) in [5, 5.41) is 4.05. The summed E-state index contributed by atoms with van der Waals surface area (Å²) in [6.45, 7) is 6.31. The van der Waals surface area contributed by atoms with Crippen molar-refractivity contribution in [1.29, 1.82) is 0 Å². The largest absolute Gasteiger partial charge is 0.433 e. The van der Waals surface area contributed by atoms with Gasteiger partial charge in [0.15, 0.2) is 0 Å². The van der Waals surface area contributed by atoms with Gasteiger partial charge in [-0.2, -0.15) is 18.3 Å². The van der Waals surface area contributed by atoms with Crippen molar-refractivity contribution in [1.82, 2.24) is 14.8 Å². The third kappa shape index (κ3) is 4.39. The molecule has 2 aromatic heterocycles. The Hall–Kier alpha value is -1.85. The number of rotatable bonds is 2. The van der Waals surface area contributed by atoms with Crippen LogP contribution in [0.5, 0.6) is 0 Å². The third-order valence-electron chi connectivity index (χ3n) is 2.22. The fourth-order valence-electron chi connectivity index (χ4n) is 1.43.